The van der Waals surface area contributed by atoms with Crippen LogP contribution in [0.3, 0.4) is 0 Å². The SMILES string of the molecule is Cc1cc(OCc2nc(-c3cnc(OC(C)C)nc3)c(-c3ccc(OC(F)(F)F)cc3)o2)ccc1OCC(=O)O. The minimum absolute atomic E-state index is 0.0908. The quantitative estimate of drug-likeness (QED) is 0.240. The Morgan fingerprint density at radius 2 is 1.68 bits per heavy atom. The maximum atomic E-state index is 12.6. The zero-order valence-electron chi connectivity index (χ0n) is 21.6. The van der Waals surface area contributed by atoms with Gasteiger partial charge in [-0.05, 0) is 68.8 Å². The molecule has 13 heteroatoms. The number of carbonyl (C=O) groups is 1. The van der Waals surface area contributed by atoms with Crippen LogP contribution in [0.2, 0.25) is 0 Å². The zero-order chi connectivity index (χ0) is 28.9. The van der Waals surface area contributed by atoms with E-state index in [0.717, 1.165) is 12.1 Å². The summed E-state index contributed by atoms with van der Waals surface area (Å²) in [7, 11) is 0. The van der Waals surface area contributed by atoms with Crippen LogP contribution >= 0.6 is 0 Å². The average molecular weight is 559 g/mol. The summed E-state index contributed by atoms with van der Waals surface area (Å²) >= 11 is 0. The van der Waals surface area contributed by atoms with Crippen LogP contribution in [0.15, 0.2) is 59.3 Å². The lowest BCUT2D eigenvalue weighted by Gasteiger charge is -2.09. The highest BCUT2D eigenvalue weighted by Gasteiger charge is 2.31. The number of rotatable bonds is 11. The molecule has 0 aliphatic rings. The van der Waals surface area contributed by atoms with Gasteiger partial charge in [-0.15, -0.1) is 13.2 Å². The minimum Gasteiger partial charge on any atom is -0.484 e. The molecule has 0 aliphatic carbocycles. The van der Waals surface area contributed by atoms with Crippen LogP contribution in [-0.2, 0) is 11.4 Å². The summed E-state index contributed by atoms with van der Waals surface area (Å²) in [4.78, 5) is 23.6. The predicted octanol–water partition coefficient (Wildman–Crippen LogP) is 5.84. The monoisotopic (exact) mass is 559 g/mol. The third-order valence-corrected chi connectivity index (χ3v) is 5.12. The molecule has 0 saturated carbocycles. The van der Waals surface area contributed by atoms with E-state index in [1.54, 1.807) is 25.1 Å². The number of carboxylic acid groups (broad SMARTS) is 1. The van der Waals surface area contributed by atoms with Gasteiger partial charge >= 0.3 is 18.3 Å². The molecule has 4 rings (SSSR count). The molecule has 40 heavy (non-hydrogen) atoms. The average Bonchev–Trinajstić information content (AvgIpc) is 3.31. The van der Waals surface area contributed by atoms with E-state index in [0.29, 0.717) is 33.9 Å². The maximum Gasteiger partial charge on any atom is 0.573 e. The molecule has 2 aromatic heterocycles. The highest BCUT2D eigenvalue weighted by atomic mass is 19.4. The molecule has 0 saturated heterocycles. The third kappa shape index (κ3) is 7.62. The largest absolute Gasteiger partial charge is 0.573 e. The lowest BCUT2D eigenvalue weighted by atomic mass is 10.1. The number of alkyl halides is 3. The van der Waals surface area contributed by atoms with E-state index in [1.807, 2.05) is 13.8 Å². The fraction of sp³-hybridized carbons (Fsp3) is 0.259. The number of ether oxygens (including phenoxy) is 4. The Balaban J connectivity index is 1.59. The van der Waals surface area contributed by atoms with E-state index in [1.165, 1.54) is 24.5 Å². The molecule has 0 amide bonds. The standard InChI is InChI=1S/C27H24F3N3O7/c1-15(2)38-26-31-11-18(12-32-26)24-25(17-4-6-19(7-5-17)40-27(28,29)30)39-22(33-24)13-36-20-8-9-21(16(3)10-20)37-14-23(34)35/h4-12,15H,13-14H2,1-3H3,(H,34,35). The van der Waals surface area contributed by atoms with Crippen LogP contribution in [-0.4, -0.2) is 45.1 Å². The van der Waals surface area contributed by atoms with Crippen molar-refractivity contribution in [2.45, 2.75) is 39.8 Å². The van der Waals surface area contributed by atoms with Gasteiger partial charge in [0.15, 0.2) is 19.0 Å². The molecule has 0 aliphatic heterocycles. The normalized spacial score (nSPS) is 11.4. The number of benzene rings is 2. The lowest BCUT2D eigenvalue weighted by Crippen LogP contribution is -2.16. The fourth-order valence-electron chi connectivity index (χ4n) is 3.49. The second-order valence-electron chi connectivity index (χ2n) is 8.68. The number of carboxylic acids is 1. The van der Waals surface area contributed by atoms with Crippen LogP contribution in [0.25, 0.3) is 22.6 Å². The molecular weight excluding hydrogens is 535 g/mol. The molecule has 2 aromatic carbocycles. The van der Waals surface area contributed by atoms with Gasteiger partial charge in [0.05, 0.1) is 6.10 Å². The third-order valence-electron chi connectivity index (χ3n) is 5.12. The van der Waals surface area contributed by atoms with Gasteiger partial charge in [0.25, 0.3) is 0 Å². The smallest absolute Gasteiger partial charge is 0.484 e. The summed E-state index contributed by atoms with van der Waals surface area (Å²) < 4.78 is 64.2. The number of aryl methyl sites for hydroxylation is 1. The van der Waals surface area contributed by atoms with Gasteiger partial charge < -0.3 is 28.5 Å². The summed E-state index contributed by atoms with van der Waals surface area (Å²) in [6.07, 6.45) is -1.95. The van der Waals surface area contributed by atoms with Gasteiger partial charge in [-0.2, -0.15) is 0 Å². The van der Waals surface area contributed by atoms with Gasteiger partial charge in [-0.25, -0.2) is 19.7 Å². The van der Waals surface area contributed by atoms with Gasteiger partial charge in [0, 0.05) is 23.5 Å². The molecule has 0 spiro atoms. The molecule has 1 N–H and O–H groups in total. The van der Waals surface area contributed by atoms with Crippen LogP contribution in [0.5, 0.6) is 23.3 Å². The molecule has 0 radical (unpaired) electrons. The number of halogens is 3. The van der Waals surface area contributed by atoms with Crippen LogP contribution in [0, 0.1) is 6.92 Å². The van der Waals surface area contributed by atoms with E-state index in [9.17, 15) is 18.0 Å². The van der Waals surface area contributed by atoms with Crippen molar-refractivity contribution in [1.82, 2.24) is 15.0 Å². The summed E-state index contributed by atoms with van der Waals surface area (Å²) in [5, 5.41) is 8.79. The van der Waals surface area contributed by atoms with Crippen molar-refractivity contribution in [3.63, 3.8) is 0 Å². The Morgan fingerprint density at radius 3 is 2.27 bits per heavy atom. The molecule has 0 bridgehead atoms. The summed E-state index contributed by atoms with van der Waals surface area (Å²) in [6.45, 7) is 4.85. The minimum atomic E-state index is -4.82. The molecule has 0 fully saturated rings. The van der Waals surface area contributed by atoms with Crippen LogP contribution in [0.1, 0.15) is 25.3 Å². The van der Waals surface area contributed by atoms with E-state index < -0.39 is 18.9 Å². The highest BCUT2D eigenvalue weighted by molar-refractivity contribution is 5.76. The number of nitrogens with zero attached hydrogens (tertiary/aromatic N) is 3. The summed E-state index contributed by atoms with van der Waals surface area (Å²) in [5.74, 6) is -0.193. The number of hydrogen-bond donors (Lipinski definition) is 1. The molecular formula is C27H24F3N3O7. The van der Waals surface area contributed by atoms with Gasteiger partial charge in [-0.3, -0.25) is 0 Å². The van der Waals surface area contributed by atoms with E-state index >= 15 is 0 Å². The zero-order valence-corrected chi connectivity index (χ0v) is 21.6. The topological polar surface area (TPSA) is 126 Å². The Labute approximate surface area is 226 Å². The van der Waals surface area contributed by atoms with Crippen LogP contribution in [0.4, 0.5) is 13.2 Å². The van der Waals surface area contributed by atoms with Crippen LogP contribution < -0.4 is 18.9 Å². The first-order valence-corrected chi connectivity index (χ1v) is 11.9. The van der Waals surface area contributed by atoms with Crippen molar-refractivity contribution in [3.8, 4) is 45.8 Å². The van der Waals surface area contributed by atoms with Crippen molar-refractivity contribution in [2.75, 3.05) is 6.61 Å². The maximum absolute atomic E-state index is 12.6. The highest BCUT2D eigenvalue weighted by Crippen LogP contribution is 2.35. The van der Waals surface area contributed by atoms with E-state index in [2.05, 4.69) is 19.7 Å². The van der Waals surface area contributed by atoms with Crippen molar-refractivity contribution in [3.05, 3.63) is 66.3 Å². The number of oxazole rings is 1. The molecule has 210 valence electrons. The number of aliphatic carboxylic acids is 1. The fourth-order valence-corrected chi connectivity index (χ4v) is 3.49. The van der Waals surface area contributed by atoms with E-state index in [4.69, 9.17) is 23.7 Å². The Hall–Kier alpha value is -4.81. The van der Waals surface area contributed by atoms with Crippen molar-refractivity contribution in [1.29, 1.82) is 0 Å². The first-order chi connectivity index (χ1) is 19.0. The molecule has 4 aromatic rings. The Kier molecular flexibility index (Phi) is 8.41. The molecule has 2 heterocycles. The summed E-state index contributed by atoms with van der Waals surface area (Å²) in [6, 6.07) is 10.2. The number of hydrogen-bond acceptors (Lipinski definition) is 9. The molecule has 0 unspecified atom stereocenters. The van der Waals surface area contributed by atoms with Gasteiger partial charge in [0.1, 0.15) is 22.9 Å². The van der Waals surface area contributed by atoms with Gasteiger partial charge in [0.2, 0.25) is 5.89 Å². The second kappa shape index (κ2) is 11.9. The Morgan fingerprint density at radius 1 is 1.00 bits per heavy atom. The summed E-state index contributed by atoms with van der Waals surface area (Å²) in [5.41, 5.74) is 1.91. The lowest BCUT2D eigenvalue weighted by molar-refractivity contribution is -0.274. The molecule has 0 atom stereocenters. The second-order valence-corrected chi connectivity index (χ2v) is 8.68. The van der Waals surface area contributed by atoms with Crippen molar-refractivity contribution < 1.29 is 46.4 Å². The predicted molar refractivity (Wildman–Crippen MR) is 134 cm³/mol. The van der Waals surface area contributed by atoms with Gasteiger partial charge in [-0.1, -0.05) is 0 Å². The first kappa shape index (κ1) is 28.2. The van der Waals surface area contributed by atoms with Crippen molar-refractivity contribution >= 4 is 5.97 Å². The first-order valence-electron chi connectivity index (χ1n) is 11.9. The number of aromatic nitrogens is 3. The van der Waals surface area contributed by atoms with Crippen molar-refractivity contribution in [2.24, 2.45) is 0 Å². The molecule has 10 nitrogen and oxygen atoms in total. The Bertz CT molecular complexity index is 1450. The van der Waals surface area contributed by atoms with E-state index in [-0.39, 0.29) is 36.1 Å².